The molecule has 3 aromatic carbocycles. The Morgan fingerprint density at radius 1 is 1.14 bits per heavy atom. The molecule has 9 heteroatoms. The lowest BCUT2D eigenvalue weighted by atomic mass is 9.87. The van der Waals surface area contributed by atoms with Gasteiger partial charge in [0, 0.05) is 28.3 Å². The minimum Gasteiger partial charge on any atom is -0.497 e. The Bertz CT molecular complexity index is 1710. The number of halogens is 2. The summed E-state index contributed by atoms with van der Waals surface area (Å²) < 4.78 is 41.2. The Kier molecular flexibility index (Phi) is 7.77. The van der Waals surface area contributed by atoms with Gasteiger partial charge in [-0.3, -0.25) is 4.90 Å². The molecule has 0 radical (unpaired) electrons. The van der Waals surface area contributed by atoms with Gasteiger partial charge in [-0.15, -0.1) is 0 Å². The summed E-state index contributed by atoms with van der Waals surface area (Å²) in [5.41, 5.74) is 3.59. The van der Waals surface area contributed by atoms with E-state index in [1.165, 1.54) is 6.07 Å². The van der Waals surface area contributed by atoms with Gasteiger partial charge in [-0.05, 0) is 81.6 Å². The summed E-state index contributed by atoms with van der Waals surface area (Å²) in [5, 5.41) is 0.355. The maximum Gasteiger partial charge on any atom is 0.168 e. The highest BCUT2D eigenvalue weighted by Crippen LogP contribution is 2.46. The number of imidazole rings is 1. The molecule has 0 amide bonds. The Labute approximate surface area is 262 Å². The SMILES string of the molecule is C=C(OC)c1ccc2nc(CN3CCC(c4cccc5c4O[C@](C)(c4ccc(Cl)cc4F)CO5)CC3)n(C[C@@H]3CCO3)c2c1. The third-order valence-electron chi connectivity index (χ3n) is 9.31. The number of likely N-dealkylation sites (tertiary alicyclic amines) is 1. The zero-order valence-electron chi connectivity index (χ0n) is 25.2. The topological polar surface area (TPSA) is 58.0 Å². The van der Waals surface area contributed by atoms with Crippen molar-refractivity contribution in [2.24, 2.45) is 0 Å². The Balaban J connectivity index is 1.09. The van der Waals surface area contributed by atoms with Gasteiger partial charge in [0.25, 0.3) is 0 Å². The van der Waals surface area contributed by atoms with Gasteiger partial charge in [0.05, 0.1) is 37.3 Å². The fraction of sp³-hybridized carbons (Fsp3) is 0.400. The van der Waals surface area contributed by atoms with Crippen molar-refractivity contribution in [3.05, 3.63) is 94.5 Å². The van der Waals surface area contributed by atoms with Crippen LogP contribution in [0.1, 0.15) is 54.6 Å². The second kappa shape index (κ2) is 11.7. The monoisotopic (exact) mass is 617 g/mol. The summed E-state index contributed by atoms with van der Waals surface area (Å²) in [6.07, 6.45) is 3.21. The number of hydrogen-bond donors (Lipinski definition) is 0. The lowest BCUT2D eigenvalue weighted by molar-refractivity contribution is -0.0592. The van der Waals surface area contributed by atoms with Crippen molar-refractivity contribution >= 4 is 28.4 Å². The first kappa shape index (κ1) is 29.1. The average molecular weight is 618 g/mol. The molecule has 0 N–H and O–H groups in total. The standard InChI is InChI=1S/C35H37ClFN3O4/c1-22(41-3)24-7-10-30-31(17-24)40(19-26-13-16-42-26)33(38-30)20-39-14-11-23(12-15-39)27-5-4-6-32-34(27)44-35(2,21-43-32)28-9-8-25(36)18-29(28)37/h4-10,17-18,23,26H,1,11-16,19-21H2,2-3H3/t26-,35-/m0/s1. The molecule has 0 unspecified atom stereocenters. The van der Waals surface area contributed by atoms with Crippen LogP contribution in [0.2, 0.25) is 5.02 Å². The zero-order chi connectivity index (χ0) is 30.4. The maximum absolute atomic E-state index is 14.9. The van der Waals surface area contributed by atoms with Crippen molar-refractivity contribution in [3.63, 3.8) is 0 Å². The van der Waals surface area contributed by atoms with Crippen molar-refractivity contribution in [1.29, 1.82) is 0 Å². The van der Waals surface area contributed by atoms with Crippen molar-refractivity contribution in [2.75, 3.05) is 33.4 Å². The molecule has 4 heterocycles. The van der Waals surface area contributed by atoms with Crippen LogP contribution in [0.3, 0.4) is 0 Å². The van der Waals surface area contributed by atoms with Crippen LogP contribution >= 0.6 is 11.6 Å². The van der Waals surface area contributed by atoms with Crippen LogP contribution < -0.4 is 9.47 Å². The molecule has 2 fully saturated rings. The number of rotatable bonds is 8. The predicted octanol–water partition coefficient (Wildman–Crippen LogP) is 7.30. The van der Waals surface area contributed by atoms with Crippen LogP contribution in [0, 0.1) is 5.82 Å². The van der Waals surface area contributed by atoms with Crippen LogP contribution in [0.5, 0.6) is 11.5 Å². The van der Waals surface area contributed by atoms with E-state index < -0.39 is 11.4 Å². The van der Waals surface area contributed by atoms with Crippen LogP contribution in [-0.4, -0.2) is 54.0 Å². The van der Waals surface area contributed by atoms with E-state index in [4.69, 9.17) is 35.5 Å². The third-order valence-corrected chi connectivity index (χ3v) is 9.54. The fourth-order valence-electron chi connectivity index (χ4n) is 6.62. The molecular formula is C35H37ClFN3O4. The number of piperidine rings is 1. The van der Waals surface area contributed by atoms with E-state index in [9.17, 15) is 4.39 Å². The summed E-state index contributed by atoms with van der Waals surface area (Å²) in [4.78, 5) is 7.53. The van der Waals surface area contributed by atoms with E-state index in [0.29, 0.717) is 33.8 Å². The van der Waals surface area contributed by atoms with E-state index in [1.54, 1.807) is 19.2 Å². The van der Waals surface area contributed by atoms with Crippen LogP contribution in [0.15, 0.2) is 61.2 Å². The number of ether oxygens (including phenoxy) is 4. The molecule has 3 aliphatic rings. The van der Waals surface area contributed by atoms with Gasteiger partial charge in [-0.1, -0.05) is 36.4 Å². The summed E-state index contributed by atoms with van der Waals surface area (Å²) in [6, 6.07) is 16.9. The highest BCUT2D eigenvalue weighted by molar-refractivity contribution is 6.30. The van der Waals surface area contributed by atoms with Crippen molar-refractivity contribution in [1.82, 2.24) is 14.5 Å². The highest BCUT2D eigenvalue weighted by atomic mass is 35.5. The zero-order valence-corrected chi connectivity index (χ0v) is 25.9. The van der Waals surface area contributed by atoms with Gasteiger partial charge in [0.2, 0.25) is 0 Å². The molecule has 4 aromatic rings. The molecule has 7 nitrogen and oxygen atoms in total. The first-order valence-corrected chi connectivity index (χ1v) is 15.7. The van der Waals surface area contributed by atoms with Crippen molar-refractivity contribution in [2.45, 2.75) is 56.9 Å². The Morgan fingerprint density at radius 2 is 1.95 bits per heavy atom. The number of methoxy groups -OCH3 is 1. The quantitative estimate of drug-likeness (QED) is 0.193. The summed E-state index contributed by atoms with van der Waals surface area (Å²) in [5.74, 6) is 3.01. The first-order chi connectivity index (χ1) is 21.3. The third kappa shape index (κ3) is 5.44. The molecule has 0 saturated carbocycles. The molecule has 0 spiro atoms. The number of fused-ring (bicyclic) bond motifs is 2. The number of hydrogen-bond acceptors (Lipinski definition) is 6. The van der Waals surface area contributed by atoms with Gasteiger partial charge < -0.3 is 23.5 Å². The number of aromatic nitrogens is 2. The molecule has 7 rings (SSSR count). The van der Waals surface area contributed by atoms with Crippen LogP contribution in [0.4, 0.5) is 4.39 Å². The summed E-state index contributed by atoms with van der Waals surface area (Å²) in [7, 11) is 1.64. The minimum absolute atomic E-state index is 0.213. The predicted molar refractivity (Wildman–Crippen MR) is 169 cm³/mol. The summed E-state index contributed by atoms with van der Waals surface area (Å²) in [6.45, 7) is 10.3. The van der Waals surface area contributed by atoms with Gasteiger partial charge in [-0.2, -0.15) is 0 Å². The van der Waals surface area contributed by atoms with E-state index in [1.807, 2.05) is 31.2 Å². The molecule has 230 valence electrons. The van der Waals surface area contributed by atoms with E-state index >= 15 is 0 Å². The molecule has 44 heavy (non-hydrogen) atoms. The molecule has 2 saturated heterocycles. The number of benzene rings is 3. The molecule has 0 bridgehead atoms. The Morgan fingerprint density at radius 3 is 2.68 bits per heavy atom. The van der Waals surface area contributed by atoms with E-state index in [-0.39, 0.29) is 12.7 Å². The minimum atomic E-state index is -0.961. The first-order valence-electron chi connectivity index (χ1n) is 15.3. The second-order valence-electron chi connectivity index (χ2n) is 12.2. The fourth-order valence-corrected chi connectivity index (χ4v) is 6.78. The van der Waals surface area contributed by atoms with Crippen LogP contribution in [-0.2, 0) is 28.2 Å². The molecule has 0 aliphatic carbocycles. The van der Waals surface area contributed by atoms with E-state index in [0.717, 1.165) is 80.0 Å². The normalized spacial score (nSPS) is 22.1. The van der Waals surface area contributed by atoms with Gasteiger partial charge >= 0.3 is 0 Å². The average Bonchev–Trinajstić information content (AvgIpc) is 3.34. The van der Waals surface area contributed by atoms with Gasteiger partial charge in [0.15, 0.2) is 17.1 Å². The highest BCUT2D eigenvalue weighted by Gasteiger charge is 2.39. The lowest BCUT2D eigenvalue weighted by Crippen LogP contribution is -2.41. The number of para-hydroxylation sites is 1. The molecule has 2 atom stereocenters. The smallest absolute Gasteiger partial charge is 0.168 e. The Hall–Kier alpha value is -3.59. The molecule has 1 aromatic heterocycles. The number of nitrogens with zero attached hydrogens (tertiary/aromatic N) is 3. The van der Waals surface area contributed by atoms with Crippen molar-refractivity contribution in [3.8, 4) is 11.5 Å². The summed E-state index contributed by atoms with van der Waals surface area (Å²) >= 11 is 6.02. The van der Waals surface area contributed by atoms with Gasteiger partial charge in [-0.25, -0.2) is 9.37 Å². The van der Waals surface area contributed by atoms with Crippen LogP contribution in [0.25, 0.3) is 16.8 Å². The second-order valence-corrected chi connectivity index (χ2v) is 12.7. The molecular weight excluding hydrogens is 581 g/mol. The lowest BCUT2D eigenvalue weighted by Gasteiger charge is -2.39. The van der Waals surface area contributed by atoms with Crippen molar-refractivity contribution < 1.29 is 23.3 Å². The largest absolute Gasteiger partial charge is 0.497 e. The van der Waals surface area contributed by atoms with E-state index in [2.05, 4.69) is 28.2 Å². The maximum atomic E-state index is 14.9. The molecule has 3 aliphatic heterocycles. The van der Waals surface area contributed by atoms with Gasteiger partial charge in [0.1, 0.15) is 24.0 Å².